The molecule has 7 heteroatoms. The SMILES string of the molecule is COC(=O)CN(Cc1ccccc1C)C(=O)c1cccc(N2C(=O)CCC2=O)c1. The molecule has 1 saturated heterocycles. The third kappa shape index (κ3) is 4.51. The van der Waals surface area contributed by atoms with Crippen molar-refractivity contribution in [1.82, 2.24) is 4.90 Å². The lowest BCUT2D eigenvalue weighted by molar-refractivity contribution is -0.141. The minimum atomic E-state index is -0.534. The highest BCUT2D eigenvalue weighted by Crippen LogP contribution is 2.24. The van der Waals surface area contributed by atoms with Gasteiger partial charge in [0.1, 0.15) is 6.54 Å². The Kier molecular flexibility index (Phi) is 6.07. The smallest absolute Gasteiger partial charge is 0.325 e. The number of carbonyl (C=O) groups is 4. The number of carbonyl (C=O) groups excluding carboxylic acids is 4. The van der Waals surface area contributed by atoms with E-state index in [1.165, 1.54) is 18.1 Å². The molecule has 0 bridgehead atoms. The Labute approximate surface area is 168 Å². The largest absolute Gasteiger partial charge is 0.468 e. The summed E-state index contributed by atoms with van der Waals surface area (Å²) in [6.45, 7) is 1.95. The number of nitrogens with zero attached hydrogens (tertiary/aromatic N) is 2. The van der Waals surface area contributed by atoms with Crippen LogP contribution in [0.5, 0.6) is 0 Å². The van der Waals surface area contributed by atoms with Crippen molar-refractivity contribution in [3.63, 3.8) is 0 Å². The maximum atomic E-state index is 13.2. The molecular formula is C22H22N2O5. The fraction of sp³-hybridized carbons (Fsp3) is 0.273. The van der Waals surface area contributed by atoms with E-state index in [1.807, 2.05) is 31.2 Å². The molecule has 0 unspecified atom stereocenters. The molecule has 0 radical (unpaired) electrons. The molecule has 2 aromatic carbocycles. The van der Waals surface area contributed by atoms with Gasteiger partial charge in [0, 0.05) is 24.9 Å². The zero-order valence-corrected chi connectivity index (χ0v) is 16.4. The molecule has 29 heavy (non-hydrogen) atoms. The molecule has 0 N–H and O–H groups in total. The number of aryl methyl sites for hydroxylation is 1. The number of methoxy groups -OCH3 is 1. The van der Waals surface area contributed by atoms with Gasteiger partial charge in [-0.3, -0.25) is 24.1 Å². The zero-order valence-electron chi connectivity index (χ0n) is 16.4. The molecule has 1 aliphatic rings. The monoisotopic (exact) mass is 394 g/mol. The van der Waals surface area contributed by atoms with Crippen LogP contribution in [0.4, 0.5) is 5.69 Å². The van der Waals surface area contributed by atoms with Gasteiger partial charge >= 0.3 is 5.97 Å². The topological polar surface area (TPSA) is 84.0 Å². The van der Waals surface area contributed by atoms with Crippen LogP contribution in [0.3, 0.4) is 0 Å². The summed E-state index contributed by atoms with van der Waals surface area (Å²) in [5, 5.41) is 0. The molecule has 0 saturated carbocycles. The molecule has 3 rings (SSSR count). The third-order valence-corrected chi connectivity index (χ3v) is 4.86. The predicted octanol–water partition coefficient (Wildman–Crippen LogP) is 2.46. The van der Waals surface area contributed by atoms with Crippen LogP contribution in [0.2, 0.25) is 0 Å². The summed E-state index contributed by atoms with van der Waals surface area (Å²) in [7, 11) is 1.27. The number of amides is 3. The van der Waals surface area contributed by atoms with Gasteiger partial charge in [-0.25, -0.2) is 0 Å². The number of benzene rings is 2. The maximum Gasteiger partial charge on any atom is 0.325 e. The minimum Gasteiger partial charge on any atom is -0.468 e. The Morgan fingerprint density at radius 1 is 1.03 bits per heavy atom. The number of rotatable bonds is 6. The van der Waals surface area contributed by atoms with Gasteiger partial charge in [0.05, 0.1) is 12.8 Å². The van der Waals surface area contributed by atoms with E-state index in [4.69, 9.17) is 4.74 Å². The first kappa shape index (κ1) is 20.3. The number of hydrogen-bond donors (Lipinski definition) is 0. The van der Waals surface area contributed by atoms with Gasteiger partial charge in [-0.1, -0.05) is 30.3 Å². The summed E-state index contributed by atoms with van der Waals surface area (Å²) in [6.07, 6.45) is 0.331. The highest BCUT2D eigenvalue weighted by molar-refractivity contribution is 6.20. The van der Waals surface area contributed by atoms with E-state index in [9.17, 15) is 19.2 Å². The molecule has 2 aromatic rings. The van der Waals surface area contributed by atoms with Crippen LogP contribution in [-0.4, -0.2) is 42.2 Å². The van der Waals surface area contributed by atoms with Crippen molar-refractivity contribution in [3.05, 3.63) is 65.2 Å². The molecule has 7 nitrogen and oxygen atoms in total. The second kappa shape index (κ2) is 8.68. The Morgan fingerprint density at radius 3 is 2.38 bits per heavy atom. The van der Waals surface area contributed by atoms with E-state index < -0.39 is 5.97 Å². The molecule has 0 aliphatic carbocycles. The van der Waals surface area contributed by atoms with E-state index in [0.717, 1.165) is 16.0 Å². The van der Waals surface area contributed by atoms with Crippen LogP contribution < -0.4 is 4.90 Å². The Bertz CT molecular complexity index is 953. The first-order valence-corrected chi connectivity index (χ1v) is 9.27. The van der Waals surface area contributed by atoms with E-state index in [-0.39, 0.29) is 49.2 Å². The van der Waals surface area contributed by atoms with Crippen molar-refractivity contribution in [3.8, 4) is 0 Å². The molecule has 0 aromatic heterocycles. The van der Waals surface area contributed by atoms with Gasteiger partial charge in [-0.15, -0.1) is 0 Å². The van der Waals surface area contributed by atoms with E-state index >= 15 is 0 Å². The Hall–Kier alpha value is -3.48. The fourth-order valence-electron chi connectivity index (χ4n) is 3.24. The van der Waals surface area contributed by atoms with Crippen LogP contribution in [-0.2, 0) is 25.7 Å². The van der Waals surface area contributed by atoms with Crippen LogP contribution in [0, 0.1) is 6.92 Å². The average molecular weight is 394 g/mol. The lowest BCUT2D eigenvalue weighted by Crippen LogP contribution is -2.36. The van der Waals surface area contributed by atoms with E-state index in [1.54, 1.807) is 18.2 Å². The van der Waals surface area contributed by atoms with Crippen molar-refractivity contribution >= 4 is 29.4 Å². The third-order valence-electron chi connectivity index (χ3n) is 4.86. The first-order chi connectivity index (χ1) is 13.9. The van der Waals surface area contributed by atoms with Gasteiger partial charge in [-0.2, -0.15) is 0 Å². The summed E-state index contributed by atoms with van der Waals surface area (Å²) in [4.78, 5) is 51.6. The highest BCUT2D eigenvalue weighted by Gasteiger charge is 2.31. The van der Waals surface area contributed by atoms with Crippen molar-refractivity contribution in [2.24, 2.45) is 0 Å². The van der Waals surface area contributed by atoms with Crippen LogP contribution in [0.15, 0.2) is 48.5 Å². The summed E-state index contributed by atoms with van der Waals surface area (Å²) in [6, 6.07) is 13.9. The molecule has 0 spiro atoms. The number of imide groups is 1. The number of esters is 1. The minimum absolute atomic E-state index is 0.165. The molecule has 1 aliphatic heterocycles. The summed E-state index contributed by atoms with van der Waals surface area (Å²) in [5.74, 6) is -1.50. The molecule has 3 amide bonds. The standard InChI is InChI=1S/C22H22N2O5/c1-15-6-3-4-7-17(15)13-23(14-21(27)29-2)22(28)16-8-5-9-18(12-16)24-19(25)10-11-20(24)26/h3-9,12H,10-11,13-14H2,1-2H3. The summed E-state index contributed by atoms with van der Waals surface area (Å²) >= 11 is 0. The van der Waals surface area contributed by atoms with Gasteiger partial charge in [0.15, 0.2) is 0 Å². The summed E-state index contributed by atoms with van der Waals surface area (Å²) in [5.41, 5.74) is 2.55. The van der Waals surface area contributed by atoms with E-state index in [0.29, 0.717) is 5.69 Å². The van der Waals surface area contributed by atoms with Crippen LogP contribution in [0.1, 0.15) is 34.3 Å². The van der Waals surface area contributed by atoms with Gasteiger partial charge in [-0.05, 0) is 36.2 Å². The fourth-order valence-corrected chi connectivity index (χ4v) is 3.24. The van der Waals surface area contributed by atoms with Crippen LogP contribution in [0.25, 0.3) is 0 Å². The van der Waals surface area contributed by atoms with Crippen molar-refractivity contribution < 1.29 is 23.9 Å². The van der Waals surface area contributed by atoms with Gasteiger partial charge in [0.25, 0.3) is 5.91 Å². The second-order valence-electron chi connectivity index (χ2n) is 6.84. The number of anilines is 1. The Balaban J connectivity index is 1.90. The summed E-state index contributed by atoms with van der Waals surface area (Å²) < 4.78 is 4.74. The molecule has 150 valence electrons. The molecule has 0 atom stereocenters. The molecular weight excluding hydrogens is 372 g/mol. The molecule has 1 heterocycles. The quantitative estimate of drug-likeness (QED) is 0.555. The lowest BCUT2D eigenvalue weighted by atomic mass is 10.1. The van der Waals surface area contributed by atoms with Crippen molar-refractivity contribution in [1.29, 1.82) is 0 Å². The second-order valence-corrected chi connectivity index (χ2v) is 6.84. The average Bonchev–Trinajstić information content (AvgIpc) is 3.06. The normalized spacial score (nSPS) is 13.5. The first-order valence-electron chi connectivity index (χ1n) is 9.27. The van der Waals surface area contributed by atoms with Gasteiger partial charge < -0.3 is 9.64 Å². The highest BCUT2D eigenvalue weighted by atomic mass is 16.5. The number of hydrogen-bond acceptors (Lipinski definition) is 5. The van der Waals surface area contributed by atoms with Crippen molar-refractivity contribution in [2.45, 2.75) is 26.3 Å². The van der Waals surface area contributed by atoms with Crippen molar-refractivity contribution in [2.75, 3.05) is 18.6 Å². The van der Waals surface area contributed by atoms with Crippen LogP contribution >= 0.6 is 0 Å². The molecule has 1 fully saturated rings. The van der Waals surface area contributed by atoms with Gasteiger partial charge in [0.2, 0.25) is 11.8 Å². The number of ether oxygens (including phenoxy) is 1. The Morgan fingerprint density at radius 2 is 1.72 bits per heavy atom. The lowest BCUT2D eigenvalue weighted by Gasteiger charge is -2.23. The predicted molar refractivity (Wildman–Crippen MR) is 106 cm³/mol. The van der Waals surface area contributed by atoms with E-state index in [2.05, 4.69) is 0 Å². The zero-order chi connectivity index (χ0) is 21.0. The maximum absolute atomic E-state index is 13.2.